The van der Waals surface area contributed by atoms with Crippen LogP contribution in [0.25, 0.3) is 0 Å². The molecule has 102 valence electrons. The molecule has 5 nitrogen and oxygen atoms in total. The first-order chi connectivity index (χ1) is 8.70. The summed E-state index contributed by atoms with van der Waals surface area (Å²) >= 11 is 1.93. The highest BCUT2D eigenvalue weighted by molar-refractivity contribution is 8.00. The van der Waals surface area contributed by atoms with E-state index in [0.717, 1.165) is 25.0 Å². The average Bonchev–Trinajstić information content (AvgIpc) is 2.85. The monoisotopic (exact) mass is 271 g/mol. The van der Waals surface area contributed by atoms with Crippen molar-refractivity contribution in [1.29, 1.82) is 0 Å². The first-order valence-electron chi connectivity index (χ1n) is 6.55. The van der Waals surface area contributed by atoms with Crippen molar-refractivity contribution >= 4 is 23.6 Å². The van der Waals surface area contributed by atoms with Gasteiger partial charge in [-0.15, -0.1) is 0 Å². The van der Waals surface area contributed by atoms with Gasteiger partial charge in [0.15, 0.2) is 0 Å². The van der Waals surface area contributed by atoms with Crippen LogP contribution in [0, 0.1) is 0 Å². The Balaban J connectivity index is 1.62. The molecule has 2 fully saturated rings. The van der Waals surface area contributed by atoms with Crippen molar-refractivity contribution in [2.75, 3.05) is 19.3 Å². The first-order valence-corrected chi connectivity index (χ1v) is 7.60. The van der Waals surface area contributed by atoms with Gasteiger partial charge in [-0.05, 0) is 19.9 Å². The molecule has 0 aliphatic carbocycles. The molecule has 2 rings (SSSR count). The number of amides is 2. The average molecular weight is 271 g/mol. The number of hydrogen-bond acceptors (Lipinski definition) is 4. The SMILES string of the molecule is CNCC(=O)CCCCC1SCC2NC(=O)NC21. The van der Waals surface area contributed by atoms with Crippen molar-refractivity contribution < 1.29 is 9.59 Å². The second kappa shape index (κ2) is 6.43. The minimum absolute atomic E-state index is 0.0282. The van der Waals surface area contributed by atoms with Crippen LogP contribution in [-0.2, 0) is 4.79 Å². The maximum Gasteiger partial charge on any atom is 0.315 e. The van der Waals surface area contributed by atoms with E-state index in [-0.39, 0.29) is 17.9 Å². The maximum atomic E-state index is 11.3. The molecule has 0 aromatic rings. The number of carbonyl (C=O) groups excluding carboxylic acids is 2. The second-order valence-corrected chi connectivity index (χ2v) is 6.21. The lowest BCUT2D eigenvalue weighted by Crippen LogP contribution is -2.36. The lowest BCUT2D eigenvalue weighted by atomic mass is 10.0. The summed E-state index contributed by atoms with van der Waals surface area (Å²) in [6.07, 6.45) is 3.76. The lowest BCUT2D eigenvalue weighted by molar-refractivity contribution is -0.118. The summed E-state index contributed by atoms with van der Waals surface area (Å²) in [6.45, 7) is 0.475. The highest BCUT2D eigenvalue weighted by atomic mass is 32.2. The van der Waals surface area contributed by atoms with Gasteiger partial charge < -0.3 is 16.0 Å². The van der Waals surface area contributed by atoms with E-state index in [0.29, 0.717) is 24.3 Å². The Kier molecular flexibility index (Phi) is 4.88. The standard InChI is InChI=1S/C12H21N3O2S/c1-13-6-8(16)4-2-3-5-10-11-9(7-18-10)14-12(17)15-11/h9-11,13H,2-7H2,1H3,(H2,14,15,17). The molecule has 0 spiro atoms. The third-order valence-electron chi connectivity index (χ3n) is 3.51. The molecule has 6 heteroatoms. The van der Waals surface area contributed by atoms with Crippen molar-refractivity contribution in [2.45, 2.75) is 43.0 Å². The van der Waals surface area contributed by atoms with E-state index in [4.69, 9.17) is 0 Å². The molecule has 2 heterocycles. The van der Waals surface area contributed by atoms with Crippen molar-refractivity contribution in [3.8, 4) is 0 Å². The Labute approximate surface area is 112 Å². The number of ketones is 1. The van der Waals surface area contributed by atoms with Crippen molar-refractivity contribution in [1.82, 2.24) is 16.0 Å². The van der Waals surface area contributed by atoms with E-state index >= 15 is 0 Å². The fourth-order valence-electron chi connectivity index (χ4n) is 2.60. The van der Waals surface area contributed by atoms with Crippen LogP contribution in [0.4, 0.5) is 4.79 Å². The fourth-order valence-corrected chi connectivity index (χ4v) is 4.14. The second-order valence-electron chi connectivity index (χ2n) is 4.94. The molecule has 3 N–H and O–H groups in total. The van der Waals surface area contributed by atoms with E-state index in [1.807, 2.05) is 11.8 Å². The largest absolute Gasteiger partial charge is 0.332 e. The zero-order chi connectivity index (χ0) is 13.0. The van der Waals surface area contributed by atoms with Gasteiger partial charge in [-0.25, -0.2) is 4.79 Å². The molecule has 2 aliphatic rings. The molecular formula is C12H21N3O2S. The van der Waals surface area contributed by atoms with Gasteiger partial charge >= 0.3 is 6.03 Å². The minimum Gasteiger partial charge on any atom is -0.332 e. The van der Waals surface area contributed by atoms with Crippen molar-refractivity contribution in [3.63, 3.8) is 0 Å². The van der Waals surface area contributed by atoms with Gasteiger partial charge in [-0.3, -0.25) is 4.79 Å². The maximum absolute atomic E-state index is 11.3. The number of carbonyl (C=O) groups is 2. The Morgan fingerprint density at radius 3 is 3.06 bits per heavy atom. The van der Waals surface area contributed by atoms with E-state index in [1.54, 1.807) is 7.05 Å². The Morgan fingerprint density at radius 1 is 1.44 bits per heavy atom. The smallest absolute Gasteiger partial charge is 0.315 e. The lowest BCUT2D eigenvalue weighted by Gasteiger charge is -2.16. The molecule has 2 saturated heterocycles. The van der Waals surface area contributed by atoms with Crippen LogP contribution in [0.3, 0.4) is 0 Å². The van der Waals surface area contributed by atoms with Gasteiger partial charge in [-0.1, -0.05) is 6.42 Å². The van der Waals surface area contributed by atoms with E-state index in [9.17, 15) is 9.59 Å². The molecule has 2 aliphatic heterocycles. The minimum atomic E-state index is -0.0282. The molecule has 3 atom stereocenters. The molecule has 2 amide bonds. The van der Waals surface area contributed by atoms with E-state index in [1.165, 1.54) is 0 Å². The van der Waals surface area contributed by atoms with Crippen LogP contribution in [0.1, 0.15) is 25.7 Å². The normalized spacial score (nSPS) is 29.8. The van der Waals surface area contributed by atoms with Gasteiger partial charge in [0.2, 0.25) is 0 Å². The quantitative estimate of drug-likeness (QED) is 0.466. The summed E-state index contributed by atoms with van der Waals surface area (Å²) in [4.78, 5) is 22.5. The zero-order valence-corrected chi connectivity index (χ0v) is 11.5. The highest BCUT2D eigenvalue weighted by Gasteiger charge is 2.42. The molecule has 18 heavy (non-hydrogen) atoms. The number of likely N-dealkylation sites (N-methyl/N-ethyl adjacent to an activating group) is 1. The molecule has 3 unspecified atom stereocenters. The summed E-state index contributed by atoms with van der Waals surface area (Å²) in [5, 5.41) is 9.31. The number of nitrogens with one attached hydrogen (secondary N) is 3. The predicted octanol–water partition coefficient (Wildman–Crippen LogP) is 0.501. The summed E-state index contributed by atoms with van der Waals surface area (Å²) in [6, 6.07) is 0.563. The molecule has 0 aromatic heterocycles. The van der Waals surface area contributed by atoms with Crippen LogP contribution < -0.4 is 16.0 Å². The number of rotatable bonds is 7. The Morgan fingerprint density at radius 2 is 2.28 bits per heavy atom. The summed E-state index contributed by atoms with van der Waals surface area (Å²) in [7, 11) is 1.79. The Hall–Kier alpha value is -0.750. The number of unbranched alkanes of at least 4 members (excludes halogenated alkanes) is 1. The number of Topliss-reactive ketones (excluding diaryl/α,β-unsaturated/α-hetero) is 1. The highest BCUT2D eigenvalue weighted by Crippen LogP contribution is 2.33. The van der Waals surface area contributed by atoms with Crippen LogP contribution in [0.15, 0.2) is 0 Å². The molecule has 0 saturated carbocycles. The molecule has 0 radical (unpaired) electrons. The van der Waals surface area contributed by atoms with Crippen LogP contribution >= 0.6 is 11.8 Å². The third-order valence-corrected chi connectivity index (χ3v) is 5.01. The summed E-state index contributed by atoms with van der Waals surface area (Å²) in [5.74, 6) is 1.29. The summed E-state index contributed by atoms with van der Waals surface area (Å²) in [5.41, 5.74) is 0. The van der Waals surface area contributed by atoms with Gasteiger partial charge in [0.1, 0.15) is 5.78 Å². The van der Waals surface area contributed by atoms with Gasteiger partial charge in [0.05, 0.1) is 18.6 Å². The molecular weight excluding hydrogens is 250 g/mol. The van der Waals surface area contributed by atoms with Crippen molar-refractivity contribution in [2.24, 2.45) is 0 Å². The molecule has 0 bridgehead atoms. The number of urea groups is 1. The van der Waals surface area contributed by atoms with Gasteiger partial charge in [0, 0.05) is 17.4 Å². The van der Waals surface area contributed by atoms with Crippen LogP contribution in [0.2, 0.25) is 0 Å². The predicted molar refractivity (Wildman–Crippen MR) is 72.9 cm³/mol. The zero-order valence-electron chi connectivity index (χ0n) is 10.7. The fraction of sp³-hybridized carbons (Fsp3) is 0.833. The number of thioether (sulfide) groups is 1. The topological polar surface area (TPSA) is 70.2 Å². The van der Waals surface area contributed by atoms with Crippen molar-refractivity contribution in [3.05, 3.63) is 0 Å². The van der Waals surface area contributed by atoms with Crippen LogP contribution in [-0.4, -0.2) is 48.5 Å². The summed E-state index contributed by atoms with van der Waals surface area (Å²) < 4.78 is 0. The molecule has 0 aromatic carbocycles. The first kappa shape index (κ1) is 13.7. The van der Waals surface area contributed by atoms with Crippen LogP contribution in [0.5, 0.6) is 0 Å². The number of hydrogen-bond donors (Lipinski definition) is 3. The third kappa shape index (κ3) is 3.38. The van der Waals surface area contributed by atoms with Gasteiger partial charge in [0.25, 0.3) is 0 Å². The van der Waals surface area contributed by atoms with E-state index in [2.05, 4.69) is 16.0 Å². The number of fused-ring (bicyclic) bond motifs is 1. The van der Waals surface area contributed by atoms with E-state index < -0.39 is 0 Å². The Bertz CT molecular complexity index is 324. The van der Waals surface area contributed by atoms with Gasteiger partial charge in [-0.2, -0.15) is 11.8 Å².